The summed E-state index contributed by atoms with van der Waals surface area (Å²) in [5.41, 5.74) is 2.63. The van der Waals surface area contributed by atoms with Crippen molar-refractivity contribution in [2.24, 2.45) is 0 Å². The van der Waals surface area contributed by atoms with Gasteiger partial charge in [0.05, 0.1) is 6.61 Å². The molecule has 0 aromatic carbocycles. The van der Waals surface area contributed by atoms with Crippen LogP contribution >= 0.6 is 11.3 Å². The van der Waals surface area contributed by atoms with Crippen molar-refractivity contribution in [1.29, 1.82) is 0 Å². The number of aryl methyl sites for hydroxylation is 2. The molecular weight excluding hydrogens is 268 g/mol. The number of ether oxygens (including phenoxy) is 1. The maximum atomic E-state index is 11.5. The number of hydrogen-bond donors (Lipinski definition) is 0. The van der Waals surface area contributed by atoms with Gasteiger partial charge in [0, 0.05) is 11.0 Å². The molecule has 0 amide bonds. The quantitative estimate of drug-likeness (QED) is 0.473. The van der Waals surface area contributed by atoms with Crippen molar-refractivity contribution in [3.63, 3.8) is 0 Å². The van der Waals surface area contributed by atoms with Crippen LogP contribution in [0.4, 0.5) is 0 Å². The number of esters is 1. The molecule has 0 aliphatic carbocycles. The number of carbonyl (C=O) groups excluding carboxylic acids is 1. The minimum Gasteiger partial charge on any atom is -0.463 e. The molecule has 1 rings (SSSR count). The molecule has 0 fully saturated rings. The minimum absolute atomic E-state index is 0.249. The summed E-state index contributed by atoms with van der Waals surface area (Å²) in [4.78, 5) is 12.9. The van der Waals surface area contributed by atoms with Gasteiger partial charge in [-0.15, -0.1) is 11.3 Å². The molecule has 0 bridgehead atoms. The van der Waals surface area contributed by atoms with E-state index >= 15 is 0 Å². The molecule has 0 N–H and O–H groups in total. The zero-order valence-electron chi connectivity index (χ0n) is 12.9. The number of hydrogen-bond acceptors (Lipinski definition) is 3. The van der Waals surface area contributed by atoms with Crippen molar-refractivity contribution in [1.82, 2.24) is 0 Å². The predicted octanol–water partition coefficient (Wildman–Crippen LogP) is 5.01. The molecule has 1 aromatic rings. The first-order chi connectivity index (χ1) is 9.72. The Bertz CT molecular complexity index is 407. The lowest BCUT2D eigenvalue weighted by Crippen LogP contribution is -1.99. The van der Waals surface area contributed by atoms with Crippen molar-refractivity contribution in [3.05, 3.63) is 27.5 Å². The molecule has 0 saturated heterocycles. The Morgan fingerprint density at radius 2 is 1.90 bits per heavy atom. The molecule has 0 saturated carbocycles. The first kappa shape index (κ1) is 17.0. The van der Waals surface area contributed by atoms with E-state index in [0.717, 1.165) is 12.8 Å². The second-order valence-electron chi connectivity index (χ2n) is 4.89. The van der Waals surface area contributed by atoms with Crippen molar-refractivity contribution in [2.45, 2.75) is 59.3 Å². The summed E-state index contributed by atoms with van der Waals surface area (Å²) in [5.74, 6) is -0.249. The van der Waals surface area contributed by atoms with Gasteiger partial charge in [-0.25, -0.2) is 4.79 Å². The van der Waals surface area contributed by atoms with E-state index in [9.17, 15) is 4.79 Å². The van der Waals surface area contributed by atoms with E-state index in [1.54, 1.807) is 6.08 Å². The van der Waals surface area contributed by atoms with Gasteiger partial charge in [-0.3, -0.25) is 0 Å². The van der Waals surface area contributed by atoms with Gasteiger partial charge in [0.15, 0.2) is 0 Å². The maximum absolute atomic E-state index is 11.5. The standard InChI is InChI=1S/C17H26O2S/c1-4-7-9-14-13-20-16(10-8-5-2)15(14)11-12-17(18)19-6-3/h11-13H,4-10H2,1-3H3/b12-11+. The first-order valence-electron chi connectivity index (χ1n) is 7.66. The monoisotopic (exact) mass is 294 g/mol. The molecule has 0 unspecified atom stereocenters. The van der Waals surface area contributed by atoms with E-state index in [-0.39, 0.29) is 5.97 Å². The van der Waals surface area contributed by atoms with Crippen LogP contribution in [0.3, 0.4) is 0 Å². The normalized spacial score (nSPS) is 11.2. The Kier molecular flexibility index (Phi) is 8.28. The van der Waals surface area contributed by atoms with Crippen LogP contribution in [0.1, 0.15) is 62.5 Å². The predicted molar refractivity (Wildman–Crippen MR) is 87.2 cm³/mol. The van der Waals surface area contributed by atoms with E-state index in [2.05, 4.69) is 19.2 Å². The Morgan fingerprint density at radius 1 is 1.20 bits per heavy atom. The SMILES string of the molecule is CCCCc1csc(CCCC)c1/C=C/C(=O)OCC. The summed E-state index contributed by atoms with van der Waals surface area (Å²) in [5, 5.41) is 2.26. The van der Waals surface area contributed by atoms with Crippen molar-refractivity contribution in [2.75, 3.05) is 6.61 Å². The first-order valence-corrected chi connectivity index (χ1v) is 8.54. The van der Waals surface area contributed by atoms with Crippen molar-refractivity contribution >= 4 is 23.4 Å². The molecule has 20 heavy (non-hydrogen) atoms. The summed E-state index contributed by atoms with van der Waals surface area (Å²) in [6, 6.07) is 0. The number of rotatable bonds is 9. The molecule has 3 heteroatoms. The molecule has 0 aliphatic heterocycles. The smallest absolute Gasteiger partial charge is 0.330 e. The Morgan fingerprint density at radius 3 is 2.55 bits per heavy atom. The third kappa shape index (κ3) is 5.49. The van der Waals surface area contributed by atoms with Crippen molar-refractivity contribution in [3.8, 4) is 0 Å². The molecule has 0 radical (unpaired) electrons. The van der Waals surface area contributed by atoms with Gasteiger partial charge >= 0.3 is 5.97 Å². The second kappa shape index (κ2) is 9.76. The largest absolute Gasteiger partial charge is 0.463 e. The molecule has 112 valence electrons. The molecule has 1 aromatic heterocycles. The molecule has 0 spiro atoms. The van der Waals surface area contributed by atoms with Gasteiger partial charge in [-0.1, -0.05) is 26.7 Å². The van der Waals surface area contributed by atoms with Crippen molar-refractivity contribution < 1.29 is 9.53 Å². The Balaban J connectivity index is 2.85. The number of thiophene rings is 1. The zero-order valence-corrected chi connectivity index (χ0v) is 13.7. The number of carbonyl (C=O) groups is 1. The fourth-order valence-corrected chi connectivity index (χ4v) is 3.20. The molecule has 0 atom stereocenters. The maximum Gasteiger partial charge on any atom is 0.330 e. The topological polar surface area (TPSA) is 26.3 Å². The molecular formula is C17H26O2S. The van der Waals surface area contributed by atoms with E-state index in [1.807, 2.05) is 24.3 Å². The summed E-state index contributed by atoms with van der Waals surface area (Å²) >= 11 is 1.83. The van der Waals surface area contributed by atoms with Gasteiger partial charge in [-0.2, -0.15) is 0 Å². The Labute approximate surface area is 126 Å². The van der Waals surface area contributed by atoms with Gasteiger partial charge in [-0.05, 0) is 55.2 Å². The summed E-state index contributed by atoms with van der Waals surface area (Å²) < 4.78 is 4.96. The molecule has 2 nitrogen and oxygen atoms in total. The van der Waals surface area contributed by atoms with E-state index in [1.165, 1.54) is 41.7 Å². The van der Waals surface area contributed by atoms with Crippen LogP contribution in [0.25, 0.3) is 6.08 Å². The zero-order chi connectivity index (χ0) is 14.8. The highest BCUT2D eigenvalue weighted by Gasteiger charge is 2.09. The lowest BCUT2D eigenvalue weighted by molar-refractivity contribution is -0.137. The van der Waals surface area contributed by atoms with Gasteiger partial charge in [0.25, 0.3) is 0 Å². The van der Waals surface area contributed by atoms with E-state index in [4.69, 9.17) is 4.74 Å². The van der Waals surface area contributed by atoms with E-state index in [0.29, 0.717) is 6.61 Å². The summed E-state index contributed by atoms with van der Waals surface area (Å²) in [6.45, 7) is 6.67. The summed E-state index contributed by atoms with van der Waals surface area (Å²) in [6.07, 6.45) is 10.5. The summed E-state index contributed by atoms with van der Waals surface area (Å²) in [7, 11) is 0. The van der Waals surface area contributed by atoms with Gasteiger partial charge < -0.3 is 4.74 Å². The van der Waals surface area contributed by atoms with Crippen LogP contribution in [-0.4, -0.2) is 12.6 Å². The van der Waals surface area contributed by atoms with Gasteiger partial charge in [0.2, 0.25) is 0 Å². The van der Waals surface area contributed by atoms with Crippen LogP contribution in [-0.2, 0) is 22.4 Å². The highest BCUT2D eigenvalue weighted by Crippen LogP contribution is 2.27. The third-order valence-electron chi connectivity index (χ3n) is 3.22. The highest BCUT2D eigenvalue weighted by atomic mass is 32.1. The Hall–Kier alpha value is -1.09. The van der Waals surface area contributed by atoms with Crippen LogP contribution in [0.15, 0.2) is 11.5 Å². The average Bonchev–Trinajstić information content (AvgIpc) is 2.83. The fourth-order valence-electron chi connectivity index (χ4n) is 2.08. The van der Waals surface area contributed by atoms with Crippen LogP contribution in [0.5, 0.6) is 0 Å². The third-order valence-corrected chi connectivity index (χ3v) is 4.33. The fraction of sp³-hybridized carbons (Fsp3) is 0.588. The average molecular weight is 294 g/mol. The lowest BCUT2D eigenvalue weighted by Gasteiger charge is -2.03. The second-order valence-corrected chi connectivity index (χ2v) is 5.85. The number of unbranched alkanes of at least 4 members (excludes halogenated alkanes) is 2. The van der Waals surface area contributed by atoms with Crippen LogP contribution in [0, 0.1) is 0 Å². The highest BCUT2D eigenvalue weighted by molar-refractivity contribution is 7.10. The minimum atomic E-state index is -0.249. The van der Waals surface area contributed by atoms with E-state index < -0.39 is 0 Å². The van der Waals surface area contributed by atoms with Crippen LogP contribution < -0.4 is 0 Å². The van der Waals surface area contributed by atoms with Crippen LogP contribution in [0.2, 0.25) is 0 Å². The molecule has 0 aliphatic rings. The lowest BCUT2D eigenvalue weighted by atomic mass is 10.0. The van der Waals surface area contributed by atoms with Gasteiger partial charge in [0.1, 0.15) is 0 Å². The molecule has 1 heterocycles.